The number of carbonyl (C=O) groups excluding carboxylic acids is 1. The Labute approximate surface area is 68.6 Å². The Balaban J connectivity index is 3.79. The zero-order valence-electron chi connectivity index (χ0n) is 7.58. The van der Waals surface area contributed by atoms with Gasteiger partial charge < -0.3 is 9.90 Å². The molecule has 0 heterocycles. The fraction of sp³-hybridized carbons (Fsp3) is 0.889. The Kier molecular flexibility index (Phi) is 5.12. The minimum Gasteiger partial charge on any atom is -0.392 e. The molecule has 0 aliphatic carbocycles. The zero-order valence-corrected chi connectivity index (χ0v) is 7.58. The smallest absolute Gasteiger partial charge is 0.125 e. The molecular formula is C9H18O2. The fourth-order valence-corrected chi connectivity index (χ4v) is 1.22. The number of aldehydes is 1. The van der Waals surface area contributed by atoms with E-state index in [2.05, 4.69) is 6.92 Å². The van der Waals surface area contributed by atoms with Crippen molar-refractivity contribution in [1.29, 1.82) is 0 Å². The first-order valence-electron chi connectivity index (χ1n) is 4.26. The van der Waals surface area contributed by atoms with Crippen molar-refractivity contribution in [3.05, 3.63) is 0 Å². The van der Waals surface area contributed by atoms with Crippen LogP contribution in [0.2, 0.25) is 0 Å². The monoisotopic (exact) mass is 158 g/mol. The van der Waals surface area contributed by atoms with Gasteiger partial charge >= 0.3 is 0 Å². The highest BCUT2D eigenvalue weighted by Crippen LogP contribution is 2.15. The summed E-state index contributed by atoms with van der Waals surface area (Å²) >= 11 is 0. The van der Waals surface area contributed by atoms with E-state index in [-0.39, 0.29) is 11.8 Å². The van der Waals surface area contributed by atoms with Gasteiger partial charge in [0.25, 0.3) is 0 Å². The second kappa shape index (κ2) is 5.30. The van der Waals surface area contributed by atoms with Gasteiger partial charge in [-0.3, -0.25) is 0 Å². The summed E-state index contributed by atoms with van der Waals surface area (Å²) in [6.07, 6.45) is 2.40. The Morgan fingerprint density at radius 3 is 2.36 bits per heavy atom. The maximum absolute atomic E-state index is 10.3. The van der Waals surface area contributed by atoms with Crippen LogP contribution in [0.3, 0.4) is 0 Å². The molecule has 0 spiro atoms. The first-order chi connectivity index (χ1) is 5.13. The molecule has 11 heavy (non-hydrogen) atoms. The molecule has 0 aromatic rings. The second-order valence-electron chi connectivity index (χ2n) is 3.25. The maximum Gasteiger partial charge on any atom is 0.125 e. The zero-order chi connectivity index (χ0) is 8.85. The van der Waals surface area contributed by atoms with Gasteiger partial charge in [-0.25, -0.2) is 0 Å². The van der Waals surface area contributed by atoms with Gasteiger partial charge in [-0.2, -0.15) is 0 Å². The SMILES string of the molecule is CCCC(C)C(O)C(C)C=O. The number of hydrogen-bond donors (Lipinski definition) is 1. The van der Waals surface area contributed by atoms with Gasteiger partial charge in [0.1, 0.15) is 6.29 Å². The lowest BCUT2D eigenvalue weighted by molar-refractivity contribution is -0.114. The van der Waals surface area contributed by atoms with Gasteiger partial charge in [0.05, 0.1) is 6.10 Å². The fourth-order valence-electron chi connectivity index (χ4n) is 1.22. The van der Waals surface area contributed by atoms with Crippen molar-refractivity contribution >= 4 is 6.29 Å². The molecule has 0 aliphatic rings. The van der Waals surface area contributed by atoms with Crippen LogP contribution in [0.25, 0.3) is 0 Å². The number of carbonyl (C=O) groups is 1. The molecule has 1 N–H and O–H groups in total. The Bertz CT molecular complexity index is 112. The lowest BCUT2D eigenvalue weighted by atomic mass is 9.91. The third-order valence-corrected chi connectivity index (χ3v) is 2.08. The lowest BCUT2D eigenvalue weighted by Gasteiger charge is -2.20. The van der Waals surface area contributed by atoms with Crippen molar-refractivity contribution < 1.29 is 9.90 Å². The molecule has 66 valence electrons. The number of hydrogen-bond acceptors (Lipinski definition) is 2. The normalized spacial score (nSPS) is 18.9. The standard InChI is InChI=1S/C9H18O2/c1-4-5-7(2)9(11)8(3)6-10/h6-9,11H,4-5H2,1-3H3. The van der Waals surface area contributed by atoms with Crippen molar-refractivity contribution in [3.8, 4) is 0 Å². The molecule has 2 nitrogen and oxygen atoms in total. The summed E-state index contributed by atoms with van der Waals surface area (Å²) in [5.74, 6) is 0.0109. The van der Waals surface area contributed by atoms with E-state index in [1.165, 1.54) is 0 Å². The molecule has 0 saturated heterocycles. The van der Waals surface area contributed by atoms with Gasteiger partial charge in [-0.05, 0) is 12.3 Å². The predicted octanol–water partition coefficient (Wildman–Crippen LogP) is 1.62. The summed E-state index contributed by atoms with van der Waals surface area (Å²) in [4.78, 5) is 10.3. The Morgan fingerprint density at radius 2 is 2.00 bits per heavy atom. The van der Waals surface area contributed by atoms with E-state index in [9.17, 15) is 9.90 Å². The number of aliphatic hydroxyl groups is 1. The van der Waals surface area contributed by atoms with Crippen LogP contribution in [0.5, 0.6) is 0 Å². The summed E-state index contributed by atoms with van der Waals surface area (Å²) in [7, 11) is 0. The van der Waals surface area contributed by atoms with Crippen molar-refractivity contribution in [1.82, 2.24) is 0 Å². The van der Waals surface area contributed by atoms with Crippen LogP contribution in [-0.2, 0) is 4.79 Å². The van der Waals surface area contributed by atoms with E-state index in [0.717, 1.165) is 19.1 Å². The van der Waals surface area contributed by atoms with Crippen LogP contribution in [0, 0.1) is 11.8 Å². The van der Waals surface area contributed by atoms with Gasteiger partial charge in [-0.15, -0.1) is 0 Å². The molecule has 0 bridgehead atoms. The minimum atomic E-state index is -0.465. The topological polar surface area (TPSA) is 37.3 Å². The molecule has 3 atom stereocenters. The van der Waals surface area contributed by atoms with Crippen LogP contribution in [0.15, 0.2) is 0 Å². The molecular weight excluding hydrogens is 140 g/mol. The van der Waals surface area contributed by atoms with Gasteiger partial charge in [0, 0.05) is 5.92 Å². The third-order valence-electron chi connectivity index (χ3n) is 2.08. The van der Waals surface area contributed by atoms with E-state index < -0.39 is 6.10 Å². The molecule has 0 radical (unpaired) electrons. The molecule has 2 heteroatoms. The van der Waals surface area contributed by atoms with Crippen molar-refractivity contribution in [2.45, 2.75) is 39.7 Å². The highest BCUT2D eigenvalue weighted by atomic mass is 16.3. The third kappa shape index (κ3) is 3.51. The number of aliphatic hydroxyl groups excluding tert-OH is 1. The summed E-state index contributed by atoms with van der Waals surface area (Å²) in [5.41, 5.74) is 0. The van der Waals surface area contributed by atoms with Crippen molar-refractivity contribution in [3.63, 3.8) is 0 Å². The summed E-state index contributed by atoms with van der Waals surface area (Å²) in [6.45, 7) is 5.81. The quantitative estimate of drug-likeness (QED) is 0.617. The van der Waals surface area contributed by atoms with Crippen LogP contribution in [0.1, 0.15) is 33.6 Å². The average molecular weight is 158 g/mol. The Hall–Kier alpha value is -0.370. The molecule has 0 fully saturated rings. The minimum absolute atomic E-state index is 0.225. The van der Waals surface area contributed by atoms with Crippen LogP contribution in [0.4, 0.5) is 0 Å². The molecule has 0 aliphatic heterocycles. The average Bonchev–Trinajstić information content (AvgIpc) is 2.02. The largest absolute Gasteiger partial charge is 0.392 e. The summed E-state index contributed by atoms with van der Waals surface area (Å²) in [6, 6.07) is 0. The van der Waals surface area contributed by atoms with Crippen LogP contribution >= 0.6 is 0 Å². The maximum atomic E-state index is 10.3. The molecule has 0 rings (SSSR count). The van der Waals surface area contributed by atoms with E-state index in [1.54, 1.807) is 6.92 Å². The lowest BCUT2D eigenvalue weighted by Crippen LogP contribution is -2.26. The molecule has 0 amide bonds. The molecule has 0 aromatic carbocycles. The summed E-state index contributed by atoms with van der Waals surface area (Å²) < 4.78 is 0. The van der Waals surface area contributed by atoms with E-state index in [4.69, 9.17) is 0 Å². The first-order valence-corrected chi connectivity index (χ1v) is 4.26. The number of rotatable bonds is 5. The van der Waals surface area contributed by atoms with Crippen LogP contribution in [-0.4, -0.2) is 17.5 Å². The molecule has 0 saturated carbocycles. The van der Waals surface area contributed by atoms with Gasteiger partial charge in [-0.1, -0.05) is 27.2 Å². The van der Waals surface area contributed by atoms with Crippen LogP contribution < -0.4 is 0 Å². The van der Waals surface area contributed by atoms with Gasteiger partial charge in [0.2, 0.25) is 0 Å². The first kappa shape index (κ1) is 10.6. The van der Waals surface area contributed by atoms with Gasteiger partial charge in [0.15, 0.2) is 0 Å². The molecule has 3 unspecified atom stereocenters. The van der Waals surface area contributed by atoms with E-state index in [1.807, 2.05) is 6.92 Å². The molecule has 0 aromatic heterocycles. The van der Waals surface area contributed by atoms with Crippen molar-refractivity contribution in [2.24, 2.45) is 11.8 Å². The Morgan fingerprint density at radius 1 is 1.45 bits per heavy atom. The van der Waals surface area contributed by atoms with Crippen molar-refractivity contribution in [2.75, 3.05) is 0 Å². The van der Waals surface area contributed by atoms with E-state index in [0.29, 0.717) is 0 Å². The van der Waals surface area contributed by atoms with E-state index >= 15 is 0 Å². The second-order valence-corrected chi connectivity index (χ2v) is 3.25. The summed E-state index contributed by atoms with van der Waals surface area (Å²) in [5, 5.41) is 9.49. The highest BCUT2D eigenvalue weighted by molar-refractivity contribution is 5.53. The highest BCUT2D eigenvalue weighted by Gasteiger charge is 2.19. The predicted molar refractivity (Wildman–Crippen MR) is 45.3 cm³/mol.